The van der Waals surface area contributed by atoms with Crippen molar-refractivity contribution in [2.24, 2.45) is 0 Å². The Morgan fingerprint density at radius 1 is 1.22 bits per heavy atom. The zero-order valence-corrected chi connectivity index (χ0v) is 16.4. The van der Waals surface area contributed by atoms with Crippen molar-refractivity contribution in [2.75, 3.05) is 26.9 Å². The number of rotatable bonds is 6. The third-order valence-electron chi connectivity index (χ3n) is 4.93. The smallest absolute Gasteiger partial charge is 0.240 e. The summed E-state index contributed by atoms with van der Waals surface area (Å²) in [6.07, 6.45) is 1.31. The number of hydrogen-bond donors (Lipinski definition) is 1. The van der Waals surface area contributed by atoms with Crippen LogP contribution in [0.2, 0.25) is 5.02 Å². The molecule has 0 spiro atoms. The van der Waals surface area contributed by atoms with Crippen molar-refractivity contribution in [3.05, 3.63) is 58.9 Å². The molecule has 8 heteroatoms. The van der Waals surface area contributed by atoms with E-state index in [1.807, 2.05) is 24.3 Å². The van der Waals surface area contributed by atoms with Gasteiger partial charge in [0.25, 0.3) is 0 Å². The van der Waals surface area contributed by atoms with Crippen LogP contribution < -0.4 is 9.46 Å². The zero-order valence-electron chi connectivity index (χ0n) is 14.9. The minimum atomic E-state index is -3.85. The van der Waals surface area contributed by atoms with Crippen LogP contribution in [0, 0.1) is 5.82 Å². The molecule has 146 valence electrons. The first-order valence-electron chi connectivity index (χ1n) is 8.54. The quantitative estimate of drug-likeness (QED) is 0.787. The fourth-order valence-electron chi connectivity index (χ4n) is 3.35. The van der Waals surface area contributed by atoms with Gasteiger partial charge in [-0.1, -0.05) is 29.8 Å². The van der Waals surface area contributed by atoms with Crippen molar-refractivity contribution in [1.29, 1.82) is 0 Å². The summed E-state index contributed by atoms with van der Waals surface area (Å²) < 4.78 is 52.4. The van der Waals surface area contributed by atoms with Gasteiger partial charge >= 0.3 is 0 Å². The fourth-order valence-corrected chi connectivity index (χ4v) is 4.75. The number of halogens is 2. The van der Waals surface area contributed by atoms with E-state index >= 15 is 0 Å². The number of ether oxygens (including phenoxy) is 2. The molecule has 1 saturated heterocycles. The number of para-hydroxylation sites is 1. The molecule has 1 aliphatic heterocycles. The molecule has 0 aromatic heterocycles. The predicted octanol–water partition coefficient (Wildman–Crippen LogP) is 3.51. The van der Waals surface area contributed by atoms with Gasteiger partial charge in [0.15, 0.2) is 0 Å². The Bertz CT molecular complexity index is 914. The summed E-state index contributed by atoms with van der Waals surface area (Å²) in [6, 6.07) is 10.9. The van der Waals surface area contributed by atoms with Gasteiger partial charge in [0.1, 0.15) is 11.6 Å². The standard InChI is InChI=1S/C19H21ClFNO4S/c1-25-18-5-3-2-4-15(18)19(8-10-26-11-9-19)13-22-27(23,24)14-6-7-17(21)16(20)12-14/h2-7,12,22H,8-11,13H2,1H3. The van der Waals surface area contributed by atoms with E-state index in [0.29, 0.717) is 31.8 Å². The van der Waals surface area contributed by atoms with E-state index in [1.54, 1.807) is 7.11 Å². The molecular formula is C19H21ClFNO4S. The molecule has 5 nitrogen and oxygen atoms in total. The second kappa shape index (κ2) is 8.14. The fraction of sp³-hybridized carbons (Fsp3) is 0.368. The van der Waals surface area contributed by atoms with Gasteiger partial charge in [-0.25, -0.2) is 17.5 Å². The van der Waals surface area contributed by atoms with Gasteiger partial charge < -0.3 is 9.47 Å². The summed E-state index contributed by atoms with van der Waals surface area (Å²) in [5.74, 6) is 0.0500. The first-order valence-corrected chi connectivity index (χ1v) is 10.4. The minimum Gasteiger partial charge on any atom is -0.496 e. The highest BCUT2D eigenvalue weighted by atomic mass is 35.5. The third-order valence-corrected chi connectivity index (χ3v) is 6.62. The summed E-state index contributed by atoms with van der Waals surface area (Å²) in [4.78, 5) is -0.0730. The molecule has 2 aromatic carbocycles. The summed E-state index contributed by atoms with van der Waals surface area (Å²) in [6.45, 7) is 1.23. The molecular weight excluding hydrogens is 393 g/mol. The molecule has 0 amide bonds. The Morgan fingerprint density at radius 3 is 2.59 bits per heavy atom. The van der Waals surface area contributed by atoms with Gasteiger partial charge in [-0.05, 0) is 37.1 Å². The number of hydrogen-bond acceptors (Lipinski definition) is 4. The van der Waals surface area contributed by atoms with Crippen molar-refractivity contribution in [3.8, 4) is 5.75 Å². The van der Waals surface area contributed by atoms with Gasteiger partial charge in [0.2, 0.25) is 10.0 Å². The van der Waals surface area contributed by atoms with Crippen LogP contribution in [-0.2, 0) is 20.2 Å². The minimum absolute atomic E-state index is 0.0730. The van der Waals surface area contributed by atoms with Crippen LogP contribution in [0.1, 0.15) is 18.4 Å². The summed E-state index contributed by atoms with van der Waals surface area (Å²) in [5, 5.41) is -0.233. The second-order valence-electron chi connectivity index (χ2n) is 6.49. The first-order chi connectivity index (χ1) is 12.9. The van der Waals surface area contributed by atoms with Gasteiger partial charge in [-0.15, -0.1) is 0 Å². The van der Waals surface area contributed by atoms with Crippen LogP contribution in [0.4, 0.5) is 4.39 Å². The lowest BCUT2D eigenvalue weighted by atomic mass is 9.74. The van der Waals surface area contributed by atoms with Crippen LogP contribution in [0.25, 0.3) is 0 Å². The molecule has 1 heterocycles. The highest BCUT2D eigenvalue weighted by Gasteiger charge is 2.37. The van der Waals surface area contributed by atoms with E-state index in [-0.39, 0.29) is 16.5 Å². The molecule has 1 aliphatic rings. The lowest BCUT2D eigenvalue weighted by Crippen LogP contribution is -2.44. The molecule has 0 aliphatic carbocycles. The van der Waals surface area contributed by atoms with Crippen molar-refractivity contribution < 1.29 is 22.3 Å². The summed E-state index contributed by atoms with van der Waals surface area (Å²) in [7, 11) is -2.25. The Morgan fingerprint density at radius 2 is 1.93 bits per heavy atom. The SMILES string of the molecule is COc1ccccc1C1(CNS(=O)(=O)c2ccc(F)c(Cl)c2)CCOCC1. The number of methoxy groups -OCH3 is 1. The van der Waals surface area contributed by atoms with Crippen LogP contribution >= 0.6 is 11.6 Å². The monoisotopic (exact) mass is 413 g/mol. The first kappa shape index (κ1) is 20.1. The predicted molar refractivity (Wildman–Crippen MR) is 101 cm³/mol. The molecule has 1 fully saturated rings. The van der Waals surface area contributed by atoms with Gasteiger partial charge in [0.05, 0.1) is 17.0 Å². The zero-order chi connectivity index (χ0) is 19.5. The molecule has 0 atom stereocenters. The summed E-state index contributed by atoms with van der Waals surface area (Å²) >= 11 is 5.73. The average molecular weight is 414 g/mol. The van der Waals surface area contributed by atoms with E-state index in [9.17, 15) is 12.8 Å². The third kappa shape index (κ3) is 4.27. The van der Waals surface area contributed by atoms with Crippen molar-refractivity contribution in [2.45, 2.75) is 23.2 Å². The maximum absolute atomic E-state index is 13.4. The van der Waals surface area contributed by atoms with Gasteiger partial charge in [0, 0.05) is 30.7 Å². The number of sulfonamides is 1. The van der Waals surface area contributed by atoms with E-state index in [1.165, 1.54) is 6.07 Å². The van der Waals surface area contributed by atoms with Crippen LogP contribution in [0.3, 0.4) is 0 Å². The topological polar surface area (TPSA) is 64.6 Å². The Kier molecular flexibility index (Phi) is 6.05. The lowest BCUT2D eigenvalue weighted by molar-refractivity contribution is 0.0509. The largest absolute Gasteiger partial charge is 0.496 e. The normalized spacial score (nSPS) is 16.9. The lowest BCUT2D eigenvalue weighted by Gasteiger charge is -2.38. The van der Waals surface area contributed by atoms with Crippen LogP contribution in [-0.4, -0.2) is 35.3 Å². The number of benzene rings is 2. The molecule has 1 N–H and O–H groups in total. The Labute approximate surface area is 163 Å². The van der Waals surface area contributed by atoms with E-state index in [2.05, 4.69) is 4.72 Å². The molecule has 0 saturated carbocycles. The maximum atomic E-state index is 13.4. The Hall–Kier alpha value is -1.67. The van der Waals surface area contributed by atoms with Gasteiger partial charge in [-0.2, -0.15) is 0 Å². The molecule has 0 radical (unpaired) electrons. The van der Waals surface area contributed by atoms with Gasteiger partial charge in [-0.3, -0.25) is 0 Å². The molecule has 27 heavy (non-hydrogen) atoms. The molecule has 2 aromatic rings. The molecule has 0 bridgehead atoms. The van der Waals surface area contributed by atoms with Crippen LogP contribution in [0.5, 0.6) is 5.75 Å². The highest BCUT2D eigenvalue weighted by molar-refractivity contribution is 7.89. The number of nitrogens with one attached hydrogen (secondary N) is 1. The van der Waals surface area contributed by atoms with Crippen LogP contribution in [0.15, 0.2) is 47.4 Å². The molecule has 3 rings (SSSR count). The Balaban J connectivity index is 1.90. The van der Waals surface area contributed by atoms with Crippen molar-refractivity contribution in [3.63, 3.8) is 0 Å². The second-order valence-corrected chi connectivity index (χ2v) is 8.67. The average Bonchev–Trinajstić information content (AvgIpc) is 2.69. The molecule has 0 unspecified atom stereocenters. The van der Waals surface area contributed by atoms with E-state index in [0.717, 1.165) is 17.7 Å². The van der Waals surface area contributed by atoms with Crippen molar-refractivity contribution >= 4 is 21.6 Å². The van der Waals surface area contributed by atoms with E-state index in [4.69, 9.17) is 21.1 Å². The summed E-state index contributed by atoms with van der Waals surface area (Å²) in [5.41, 5.74) is 0.484. The highest BCUT2D eigenvalue weighted by Crippen LogP contribution is 2.39. The van der Waals surface area contributed by atoms with E-state index < -0.39 is 21.3 Å². The maximum Gasteiger partial charge on any atom is 0.240 e. The van der Waals surface area contributed by atoms with Crippen molar-refractivity contribution in [1.82, 2.24) is 4.72 Å².